The van der Waals surface area contributed by atoms with Gasteiger partial charge in [0.25, 0.3) is 0 Å². The molecule has 0 radical (unpaired) electrons. The summed E-state index contributed by atoms with van der Waals surface area (Å²) < 4.78 is 27.8. The van der Waals surface area contributed by atoms with E-state index in [1.54, 1.807) is 0 Å². The zero-order valence-electron chi connectivity index (χ0n) is 10.7. The summed E-state index contributed by atoms with van der Waals surface area (Å²) in [6, 6.07) is 0. The molecule has 0 heterocycles. The third-order valence-electron chi connectivity index (χ3n) is 1.73. The molecular weight excluding hydrogens is 391 g/mol. The Bertz CT molecular complexity index is 234. The van der Waals surface area contributed by atoms with Gasteiger partial charge in [0, 0.05) is 16.3 Å². The highest BCUT2D eigenvalue weighted by molar-refractivity contribution is 9.09. The van der Waals surface area contributed by atoms with Crippen LogP contribution in [0.2, 0.25) is 0 Å². The summed E-state index contributed by atoms with van der Waals surface area (Å²) in [5.41, 5.74) is 0. The summed E-state index contributed by atoms with van der Waals surface area (Å²) in [5, 5.41) is 8.65. The number of halogens is 2. The minimum atomic E-state index is -3.51. The van der Waals surface area contributed by atoms with E-state index in [1.165, 1.54) is 0 Å². The number of phosphoric ester groups is 1. The SMILES string of the molecule is CC(Br)COP(=O)(OCCCCO)OCC(C)Br. The van der Waals surface area contributed by atoms with Crippen molar-refractivity contribution in [1.29, 1.82) is 0 Å². The fourth-order valence-electron chi connectivity index (χ4n) is 0.890. The van der Waals surface area contributed by atoms with Gasteiger partial charge in [0.1, 0.15) is 0 Å². The number of unbranched alkanes of at least 4 members (excludes halogenated alkanes) is 1. The average Bonchev–Trinajstić information content (AvgIpc) is 2.30. The van der Waals surface area contributed by atoms with Crippen LogP contribution in [0.1, 0.15) is 26.7 Å². The van der Waals surface area contributed by atoms with Gasteiger partial charge in [-0.25, -0.2) is 4.57 Å². The lowest BCUT2D eigenvalue weighted by atomic mass is 10.3. The Labute approximate surface area is 125 Å². The Balaban J connectivity index is 4.16. The first-order chi connectivity index (χ1) is 8.39. The van der Waals surface area contributed by atoms with Crippen LogP contribution in [0.4, 0.5) is 0 Å². The Morgan fingerprint density at radius 1 is 1.06 bits per heavy atom. The Kier molecular flexibility index (Phi) is 11.4. The van der Waals surface area contributed by atoms with Gasteiger partial charge in [0.2, 0.25) is 0 Å². The molecule has 0 aromatic carbocycles. The maximum atomic E-state index is 12.2. The van der Waals surface area contributed by atoms with E-state index in [0.717, 1.165) is 0 Å². The molecule has 0 fully saturated rings. The number of phosphoric acid groups is 1. The van der Waals surface area contributed by atoms with Crippen LogP contribution in [0.3, 0.4) is 0 Å². The van der Waals surface area contributed by atoms with Gasteiger partial charge in [-0.3, -0.25) is 13.6 Å². The molecule has 0 bridgehead atoms. The van der Waals surface area contributed by atoms with Crippen molar-refractivity contribution >= 4 is 39.7 Å². The fraction of sp³-hybridized carbons (Fsp3) is 1.00. The third-order valence-corrected chi connectivity index (χ3v) is 3.68. The van der Waals surface area contributed by atoms with Gasteiger partial charge >= 0.3 is 7.82 Å². The number of rotatable bonds is 11. The van der Waals surface area contributed by atoms with Crippen molar-refractivity contribution in [1.82, 2.24) is 0 Å². The van der Waals surface area contributed by atoms with Crippen molar-refractivity contribution in [2.24, 2.45) is 0 Å². The lowest BCUT2D eigenvalue weighted by molar-refractivity contribution is 0.112. The van der Waals surface area contributed by atoms with Crippen molar-refractivity contribution in [3.05, 3.63) is 0 Å². The third kappa shape index (κ3) is 10.9. The van der Waals surface area contributed by atoms with Gasteiger partial charge in [-0.15, -0.1) is 0 Å². The highest BCUT2D eigenvalue weighted by Gasteiger charge is 2.27. The minimum Gasteiger partial charge on any atom is -0.396 e. The molecule has 2 atom stereocenters. The monoisotopic (exact) mass is 410 g/mol. The highest BCUT2D eigenvalue weighted by atomic mass is 79.9. The second kappa shape index (κ2) is 10.8. The summed E-state index contributed by atoms with van der Waals surface area (Å²) in [7, 11) is -3.51. The maximum absolute atomic E-state index is 12.2. The van der Waals surface area contributed by atoms with E-state index >= 15 is 0 Å². The molecule has 5 nitrogen and oxygen atoms in total. The maximum Gasteiger partial charge on any atom is 0.474 e. The number of aliphatic hydroxyl groups is 1. The molecule has 0 aliphatic heterocycles. The van der Waals surface area contributed by atoms with Crippen molar-refractivity contribution in [2.45, 2.75) is 36.3 Å². The normalized spacial score (nSPS) is 18.3. The first-order valence-corrected chi connectivity index (χ1v) is 9.11. The Morgan fingerprint density at radius 3 is 1.94 bits per heavy atom. The van der Waals surface area contributed by atoms with E-state index in [9.17, 15) is 4.57 Å². The van der Waals surface area contributed by atoms with E-state index in [4.69, 9.17) is 18.7 Å². The van der Waals surface area contributed by atoms with Crippen LogP contribution >= 0.6 is 39.7 Å². The highest BCUT2D eigenvalue weighted by Crippen LogP contribution is 2.50. The standard InChI is InChI=1S/C10H21Br2O5P/c1-9(11)7-16-18(14,17-8-10(2)12)15-6-4-3-5-13/h9-10,13H,3-8H2,1-2H3. The number of aliphatic hydroxyl groups excluding tert-OH is 1. The van der Waals surface area contributed by atoms with Crippen LogP contribution in [0.25, 0.3) is 0 Å². The number of alkyl halides is 2. The number of hydrogen-bond acceptors (Lipinski definition) is 5. The molecule has 0 aliphatic carbocycles. The van der Waals surface area contributed by atoms with Crippen molar-refractivity contribution in [3.63, 3.8) is 0 Å². The molecule has 18 heavy (non-hydrogen) atoms. The molecule has 1 N–H and O–H groups in total. The predicted octanol–water partition coefficient (Wildman–Crippen LogP) is 3.48. The average molecular weight is 412 g/mol. The Morgan fingerprint density at radius 2 is 1.56 bits per heavy atom. The minimum absolute atomic E-state index is 0.0665. The lowest BCUT2D eigenvalue weighted by Gasteiger charge is -2.19. The molecular formula is C10H21Br2O5P. The van der Waals surface area contributed by atoms with E-state index in [-0.39, 0.29) is 36.1 Å². The summed E-state index contributed by atoms with van der Waals surface area (Å²) in [6.45, 7) is 4.58. The quantitative estimate of drug-likeness (QED) is 0.320. The zero-order valence-corrected chi connectivity index (χ0v) is 14.7. The summed E-state index contributed by atoms with van der Waals surface area (Å²) in [6.07, 6.45) is 1.21. The molecule has 0 aromatic heterocycles. The molecule has 2 unspecified atom stereocenters. The van der Waals surface area contributed by atoms with E-state index in [2.05, 4.69) is 31.9 Å². The Hall–Kier alpha value is 1.03. The van der Waals surface area contributed by atoms with Crippen molar-refractivity contribution in [3.8, 4) is 0 Å². The van der Waals surface area contributed by atoms with Crippen LogP contribution in [0, 0.1) is 0 Å². The predicted molar refractivity (Wildman–Crippen MR) is 78.6 cm³/mol. The van der Waals surface area contributed by atoms with Gasteiger partial charge in [-0.1, -0.05) is 45.7 Å². The second-order valence-electron chi connectivity index (χ2n) is 3.86. The fourth-order valence-corrected chi connectivity index (χ4v) is 2.95. The molecule has 110 valence electrons. The molecule has 0 saturated heterocycles. The van der Waals surface area contributed by atoms with Crippen LogP contribution in [0.5, 0.6) is 0 Å². The van der Waals surface area contributed by atoms with E-state index in [0.29, 0.717) is 12.8 Å². The topological polar surface area (TPSA) is 65.0 Å². The second-order valence-corrected chi connectivity index (χ2v) is 8.66. The smallest absolute Gasteiger partial charge is 0.396 e. The van der Waals surface area contributed by atoms with Gasteiger partial charge in [-0.2, -0.15) is 0 Å². The first kappa shape index (κ1) is 19.0. The van der Waals surface area contributed by atoms with E-state index < -0.39 is 7.82 Å². The van der Waals surface area contributed by atoms with Crippen LogP contribution < -0.4 is 0 Å². The van der Waals surface area contributed by atoms with Gasteiger partial charge in [0.15, 0.2) is 0 Å². The van der Waals surface area contributed by atoms with Crippen molar-refractivity contribution in [2.75, 3.05) is 26.4 Å². The molecule has 8 heteroatoms. The summed E-state index contributed by atoms with van der Waals surface area (Å²) in [4.78, 5) is 0.133. The van der Waals surface area contributed by atoms with Crippen LogP contribution in [0.15, 0.2) is 0 Å². The van der Waals surface area contributed by atoms with E-state index in [1.807, 2.05) is 13.8 Å². The number of hydrogen-bond donors (Lipinski definition) is 1. The molecule has 0 amide bonds. The first-order valence-electron chi connectivity index (χ1n) is 5.82. The summed E-state index contributed by atoms with van der Waals surface area (Å²) >= 11 is 6.60. The van der Waals surface area contributed by atoms with Crippen LogP contribution in [-0.4, -0.2) is 41.2 Å². The molecule has 0 spiro atoms. The zero-order chi connectivity index (χ0) is 14.0. The van der Waals surface area contributed by atoms with Gasteiger partial charge in [-0.05, 0) is 12.8 Å². The van der Waals surface area contributed by atoms with Crippen molar-refractivity contribution < 1.29 is 23.2 Å². The molecule has 0 aromatic rings. The lowest BCUT2D eigenvalue weighted by Crippen LogP contribution is -2.10. The van der Waals surface area contributed by atoms with Gasteiger partial charge in [0.05, 0.1) is 19.8 Å². The van der Waals surface area contributed by atoms with Crippen LogP contribution in [-0.2, 0) is 18.1 Å². The summed E-state index contributed by atoms with van der Waals surface area (Å²) in [5.74, 6) is 0. The largest absolute Gasteiger partial charge is 0.474 e. The molecule has 0 aliphatic rings. The molecule has 0 saturated carbocycles. The molecule has 0 rings (SSSR count). The van der Waals surface area contributed by atoms with Gasteiger partial charge < -0.3 is 5.11 Å².